The van der Waals surface area contributed by atoms with Gasteiger partial charge in [0.1, 0.15) is 11.6 Å². The van der Waals surface area contributed by atoms with E-state index in [0.717, 1.165) is 16.5 Å². The molecule has 0 fully saturated rings. The van der Waals surface area contributed by atoms with E-state index in [0.29, 0.717) is 29.8 Å². The molecule has 176 valence electrons. The highest BCUT2D eigenvalue weighted by Gasteiger charge is 2.28. The molecule has 0 aliphatic carbocycles. The van der Waals surface area contributed by atoms with Crippen molar-refractivity contribution in [1.82, 2.24) is 9.55 Å². The molecule has 0 unspecified atom stereocenters. The normalized spacial score (nSPS) is 11.0. The van der Waals surface area contributed by atoms with Crippen LogP contribution in [0, 0.1) is 0 Å². The number of fused-ring (bicyclic) bond motifs is 1. The highest BCUT2D eigenvalue weighted by atomic mass is 32.1. The summed E-state index contributed by atoms with van der Waals surface area (Å²) in [5, 5.41) is 2.57. The minimum atomic E-state index is -0.710. The van der Waals surface area contributed by atoms with Crippen molar-refractivity contribution in [2.45, 2.75) is 32.9 Å². The molecule has 0 radical (unpaired) electrons. The number of amides is 1. The first-order valence-corrected chi connectivity index (χ1v) is 11.9. The summed E-state index contributed by atoms with van der Waals surface area (Å²) in [5.74, 6) is 0.149. The summed E-state index contributed by atoms with van der Waals surface area (Å²) in [6, 6.07) is 14.8. The number of aromatic nitrogens is 2. The first kappa shape index (κ1) is 23.3. The Kier molecular flexibility index (Phi) is 6.83. The minimum absolute atomic E-state index is 0.0340. The molecule has 0 aliphatic heterocycles. The van der Waals surface area contributed by atoms with Crippen LogP contribution >= 0.6 is 11.3 Å². The maximum absolute atomic E-state index is 13.9. The van der Waals surface area contributed by atoms with Gasteiger partial charge in [0.2, 0.25) is 0 Å². The Morgan fingerprint density at radius 3 is 2.65 bits per heavy atom. The van der Waals surface area contributed by atoms with Gasteiger partial charge in [-0.2, -0.15) is 0 Å². The molecule has 2 aromatic heterocycles. The fraction of sp³-hybridized carbons (Fsp3) is 0.240. The van der Waals surface area contributed by atoms with E-state index in [9.17, 15) is 14.4 Å². The van der Waals surface area contributed by atoms with E-state index >= 15 is 0 Å². The smallest absolute Gasteiger partial charge is 0.330 e. The number of hydrogen-bond donors (Lipinski definition) is 2. The average Bonchev–Trinajstić information content (AvgIpc) is 3.27. The van der Waals surface area contributed by atoms with E-state index in [2.05, 4.69) is 4.98 Å². The van der Waals surface area contributed by atoms with Crippen molar-refractivity contribution in [2.24, 2.45) is 0 Å². The van der Waals surface area contributed by atoms with Gasteiger partial charge in [0.15, 0.2) is 5.69 Å². The quantitative estimate of drug-likeness (QED) is 0.398. The van der Waals surface area contributed by atoms with Gasteiger partial charge in [0.25, 0.3) is 11.5 Å². The van der Waals surface area contributed by atoms with Crippen LogP contribution in [0.1, 0.15) is 35.7 Å². The van der Waals surface area contributed by atoms with E-state index in [1.807, 2.05) is 49.4 Å². The standard InChI is InChI=1S/C25H26N4O4S/c1-3-4-13-28-22(26)21(23(30)27-25(28)32)29(14-16-9-5-7-11-19(16)33-2)24(31)18-15-34-20-12-8-6-10-17(18)20/h5-12,15H,3-4,13-14,26H2,1-2H3,(H,27,30,32). The summed E-state index contributed by atoms with van der Waals surface area (Å²) in [6.07, 6.45) is 1.54. The number of carbonyl (C=O) groups excluding carboxylic acids is 1. The van der Waals surface area contributed by atoms with Crippen LogP contribution in [0.4, 0.5) is 11.5 Å². The Hall–Kier alpha value is -3.85. The number of ether oxygens (including phenoxy) is 1. The Morgan fingerprint density at radius 2 is 1.88 bits per heavy atom. The molecule has 0 bridgehead atoms. The second-order valence-corrected chi connectivity index (χ2v) is 8.76. The number of nitrogens with two attached hydrogens (primary N) is 1. The van der Waals surface area contributed by atoms with Crippen molar-refractivity contribution in [2.75, 3.05) is 17.7 Å². The fourth-order valence-corrected chi connectivity index (χ4v) is 4.86. The van der Waals surface area contributed by atoms with Gasteiger partial charge in [0, 0.05) is 27.6 Å². The molecule has 3 N–H and O–H groups in total. The van der Waals surface area contributed by atoms with E-state index < -0.39 is 11.2 Å². The van der Waals surface area contributed by atoms with Crippen molar-refractivity contribution < 1.29 is 9.53 Å². The largest absolute Gasteiger partial charge is 0.496 e. The van der Waals surface area contributed by atoms with E-state index in [-0.39, 0.29) is 24.0 Å². The average molecular weight is 479 g/mol. The number of nitrogens with one attached hydrogen (secondary N) is 1. The minimum Gasteiger partial charge on any atom is -0.496 e. The summed E-state index contributed by atoms with van der Waals surface area (Å²) < 4.78 is 7.74. The summed E-state index contributed by atoms with van der Waals surface area (Å²) in [7, 11) is 1.55. The number of nitrogens with zero attached hydrogens (tertiary/aromatic N) is 2. The highest BCUT2D eigenvalue weighted by molar-refractivity contribution is 7.17. The molecular formula is C25H26N4O4S. The number of benzene rings is 2. The van der Waals surface area contributed by atoms with Crippen LogP contribution in [0.2, 0.25) is 0 Å². The molecule has 0 atom stereocenters. The third-order valence-corrected chi connectivity index (χ3v) is 6.66. The Bertz CT molecular complexity index is 1450. The number of thiophene rings is 1. The lowest BCUT2D eigenvalue weighted by Crippen LogP contribution is -2.41. The molecule has 4 rings (SSSR count). The zero-order valence-corrected chi connectivity index (χ0v) is 19.9. The molecule has 8 nitrogen and oxygen atoms in total. The number of methoxy groups -OCH3 is 1. The molecule has 4 aromatic rings. The van der Waals surface area contributed by atoms with Gasteiger partial charge in [-0.05, 0) is 18.6 Å². The Balaban J connectivity index is 1.91. The fourth-order valence-electron chi connectivity index (χ4n) is 3.92. The van der Waals surface area contributed by atoms with E-state index in [1.54, 1.807) is 18.6 Å². The van der Waals surface area contributed by atoms with Crippen LogP contribution in [0.15, 0.2) is 63.5 Å². The van der Waals surface area contributed by atoms with Crippen LogP contribution in [-0.2, 0) is 13.1 Å². The number of nitrogen functional groups attached to an aromatic ring is 1. The zero-order chi connectivity index (χ0) is 24.2. The number of H-pyrrole nitrogens is 1. The van der Waals surface area contributed by atoms with Gasteiger partial charge in [-0.25, -0.2) is 4.79 Å². The van der Waals surface area contributed by atoms with E-state index in [1.165, 1.54) is 20.8 Å². The number of hydrogen-bond acceptors (Lipinski definition) is 6. The predicted octanol–water partition coefficient (Wildman–Crippen LogP) is 3.99. The molecule has 9 heteroatoms. The van der Waals surface area contributed by atoms with Crippen molar-refractivity contribution in [3.63, 3.8) is 0 Å². The second-order valence-electron chi connectivity index (χ2n) is 7.85. The number of rotatable bonds is 8. The topological polar surface area (TPSA) is 110 Å². The highest BCUT2D eigenvalue weighted by Crippen LogP contribution is 2.31. The van der Waals surface area contributed by atoms with Gasteiger partial charge in [-0.3, -0.25) is 24.0 Å². The number of anilines is 2. The third kappa shape index (κ3) is 4.34. The number of para-hydroxylation sites is 1. The van der Waals surface area contributed by atoms with Gasteiger partial charge < -0.3 is 10.5 Å². The van der Waals surface area contributed by atoms with Crippen molar-refractivity contribution in [1.29, 1.82) is 0 Å². The van der Waals surface area contributed by atoms with Crippen molar-refractivity contribution >= 4 is 38.8 Å². The molecule has 2 heterocycles. The van der Waals surface area contributed by atoms with Gasteiger partial charge >= 0.3 is 5.69 Å². The molecule has 34 heavy (non-hydrogen) atoms. The van der Waals surface area contributed by atoms with Gasteiger partial charge in [-0.1, -0.05) is 49.7 Å². The van der Waals surface area contributed by atoms with Crippen LogP contribution < -0.4 is 26.6 Å². The van der Waals surface area contributed by atoms with Gasteiger partial charge in [0.05, 0.1) is 19.2 Å². The molecule has 2 aromatic carbocycles. The SMILES string of the molecule is CCCCn1c(N)c(N(Cc2ccccc2OC)C(=O)c2csc3ccccc23)c(=O)[nH]c1=O. The maximum atomic E-state index is 13.9. The van der Waals surface area contributed by atoms with Crippen molar-refractivity contribution in [3.05, 3.63) is 85.9 Å². The lowest BCUT2D eigenvalue weighted by atomic mass is 10.1. The third-order valence-electron chi connectivity index (χ3n) is 5.70. The van der Waals surface area contributed by atoms with Crippen LogP contribution in [0.3, 0.4) is 0 Å². The molecule has 0 saturated carbocycles. The molecular weight excluding hydrogens is 452 g/mol. The summed E-state index contributed by atoms with van der Waals surface area (Å²) in [4.78, 5) is 43.1. The van der Waals surface area contributed by atoms with Gasteiger partial charge in [-0.15, -0.1) is 11.3 Å². The maximum Gasteiger partial charge on any atom is 0.330 e. The predicted molar refractivity (Wildman–Crippen MR) is 136 cm³/mol. The summed E-state index contributed by atoms with van der Waals surface area (Å²) in [6.45, 7) is 2.36. The van der Waals surface area contributed by atoms with E-state index in [4.69, 9.17) is 10.5 Å². The molecule has 0 aliphatic rings. The molecule has 0 saturated heterocycles. The number of unbranched alkanes of at least 4 members (excludes halogenated alkanes) is 1. The monoisotopic (exact) mass is 478 g/mol. The first-order valence-electron chi connectivity index (χ1n) is 11.0. The van der Waals surface area contributed by atoms with Crippen LogP contribution in [-0.4, -0.2) is 22.6 Å². The van der Waals surface area contributed by atoms with Crippen molar-refractivity contribution in [3.8, 4) is 5.75 Å². The zero-order valence-electron chi connectivity index (χ0n) is 19.0. The first-order chi connectivity index (χ1) is 16.5. The second kappa shape index (κ2) is 9.96. The number of aromatic amines is 1. The van der Waals surface area contributed by atoms with Crippen LogP contribution in [0.25, 0.3) is 10.1 Å². The molecule has 0 spiro atoms. The lowest BCUT2D eigenvalue weighted by Gasteiger charge is -2.25. The summed E-state index contributed by atoms with van der Waals surface area (Å²) >= 11 is 1.45. The number of carbonyl (C=O) groups is 1. The Morgan fingerprint density at radius 1 is 1.15 bits per heavy atom. The lowest BCUT2D eigenvalue weighted by molar-refractivity contribution is 0.0986. The van der Waals surface area contributed by atoms with Crippen LogP contribution in [0.5, 0.6) is 5.75 Å². The summed E-state index contributed by atoms with van der Waals surface area (Å²) in [5.41, 5.74) is 6.18. The Labute approximate surface area is 200 Å². The molecule has 1 amide bonds.